The molecule has 1 unspecified atom stereocenters. The Morgan fingerprint density at radius 2 is 2.11 bits per heavy atom. The van der Waals surface area contributed by atoms with Gasteiger partial charge in [0.2, 0.25) is 0 Å². The molecule has 0 aliphatic carbocycles. The molecule has 0 aromatic rings. The van der Waals surface area contributed by atoms with E-state index in [1.54, 1.807) is 12.2 Å². The smallest absolute Gasteiger partial charge is 0.278 e. The average Bonchev–Trinajstić information content (AvgIpc) is 1.90. The number of halogens is 2. The van der Waals surface area contributed by atoms with Crippen molar-refractivity contribution in [1.29, 1.82) is 0 Å². The molecule has 3 heteroatoms. The van der Waals surface area contributed by atoms with Crippen LogP contribution in [0.5, 0.6) is 0 Å². The molecule has 0 saturated heterocycles. The Hall–Kier alpha value is -0.860. The molecule has 0 bridgehead atoms. The quantitative estimate of drug-likeness (QED) is 0.527. The zero-order valence-electron chi connectivity index (χ0n) is 4.63. The molecule has 0 spiro atoms. The van der Waals surface area contributed by atoms with E-state index in [4.69, 9.17) is 0 Å². The first-order valence-corrected chi connectivity index (χ1v) is 2.57. The van der Waals surface area contributed by atoms with Crippen LogP contribution in [0.25, 0.3) is 0 Å². The number of hydrogen-bond acceptors (Lipinski definition) is 1. The molecule has 1 rings (SSSR count). The lowest BCUT2D eigenvalue weighted by Crippen LogP contribution is -2.17. The first-order valence-electron chi connectivity index (χ1n) is 2.57. The van der Waals surface area contributed by atoms with Crippen molar-refractivity contribution in [3.05, 3.63) is 24.5 Å². The molecule has 0 radical (unpaired) electrons. The van der Waals surface area contributed by atoms with Crippen molar-refractivity contribution in [2.24, 2.45) is 0 Å². The molecule has 0 fully saturated rings. The van der Waals surface area contributed by atoms with Crippen LogP contribution in [0.4, 0.5) is 8.78 Å². The third-order valence-corrected chi connectivity index (χ3v) is 0.975. The summed E-state index contributed by atoms with van der Waals surface area (Å²) in [6, 6.07) is 0. The van der Waals surface area contributed by atoms with Crippen LogP contribution >= 0.6 is 0 Å². The fourth-order valence-electron chi connectivity index (χ4n) is 0.544. The monoisotopic (exact) mass is 132 g/mol. The maximum absolute atomic E-state index is 11.7. The van der Waals surface area contributed by atoms with Crippen LogP contribution < -0.4 is 0 Å². The van der Waals surface area contributed by atoms with Gasteiger partial charge in [-0.2, -0.15) is 0 Å². The van der Waals surface area contributed by atoms with Gasteiger partial charge in [0.05, 0.1) is 6.26 Å². The van der Waals surface area contributed by atoms with E-state index >= 15 is 0 Å². The van der Waals surface area contributed by atoms with Crippen LogP contribution in [0.2, 0.25) is 0 Å². The Kier molecular flexibility index (Phi) is 1.82. The minimum absolute atomic E-state index is 1.05. The molecular formula is C6H6F2O. The fraction of sp³-hybridized carbons (Fsp3) is 0.333. The highest BCUT2D eigenvalue weighted by Gasteiger charge is 2.17. The highest BCUT2D eigenvalue weighted by Crippen LogP contribution is 2.10. The van der Waals surface area contributed by atoms with Crippen molar-refractivity contribution in [3.8, 4) is 0 Å². The van der Waals surface area contributed by atoms with Gasteiger partial charge in [-0.15, -0.1) is 0 Å². The first kappa shape index (κ1) is 6.26. The SMILES string of the molecule is FC(F)C1C=CC=CO1. The summed E-state index contributed by atoms with van der Waals surface area (Å²) in [6.45, 7) is 0. The van der Waals surface area contributed by atoms with Crippen LogP contribution in [-0.4, -0.2) is 12.5 Å². The van der Waals surface area contributed by atoms with E-state index in [0.717, 1.165) is 0 Å². The van der Waals surface area contributed by atoms with E-state index in [1.165, 1.54) is 12.3 Å². The Balaban J connectivity index is 2.46. The van der Waals surface area contributed by atoms with Crippen molar-refractivity contribution >= 4 is 0 Å². The molecule has 0 aromatic heterocycles. The van der Waals surface area contributed by atoms with Crippen molar-refractivity contribution in [2.75, 3.05) is 0 Å². The largest absolute Gasteiger partial charge is 0.488 e. The van der Waals surface area contributed by atoms with Gasteiger partial charge in [0.25, 0.3) is 6.43 Å². The molecule has 0 N–H and O–H groups in total. The molecule has 1 heterocycles. The van der Waals surface area contributed by atoms with Gasteiger partial charge in [-0.3, -0.25) is 0 Å². The van der Waals surface area contributed by atoms with Gasteiger partial charge < -0.3 is 4.74 Å². The molecule has 9 heavy (non-hydrogen) atoms. The van der Waals surface area contributed by atoms with Crippen molar-refractivity contribution in [3.63, 3.8) is 0 Å². The fourth-order valence-corrected chi connectivity index (χ4v) is 0.544. The second-order valence-corrected chi connectivity index (χ2v) is 1.65. The lowest BCUT2D eigenvalue weighted by molar-refractivity contribution is 0.0128. The Morgan fingerprint density at radius 3 is 2.44 bits per heavy atom. The second-order valence-electron chi connectivity index (χ2n) is 1.65. The van der Waals surface area contributed by atoms with Crippen LogP contribution in [-0.2, 0) is 4.74 Å². The van der Waals surface area contributed by atoms with Crippen molar-refractivity contribution < 1.29 is 13.5 Å². The molecule has 1 aliphatic rings. The molecule has 0 saturated carbocycles. The van der Waals surface area contributed by atoms with Gasteiger partial charge in [0.1, 0.15) is 0 Å². The normalized spacial score (nSPS) is 24.6. The average molecular weight is 132 g/mol. The van der Waals surface area contributed by atoms with Crippen LogP contribution in [0, 0.1) is 0 Å². The zero-order valence-corrected chi connectivity index (χ0v) is 4.63. The molecule has 0 amide bonds. The first-order chi connectivity index (χ1) is 4.30. The number of rotatable bonds is 1. The molecule has 1 aliphatic heterocycles. The summed E-state index contributed by atoms with van der Waals surface area (Å²) in [5, 5.41) is 0. The molecule has 1 atom stereocenters. The Bertz CT molecular complexity index is 140. The molecule has 50 valence electrons. The number of alkyl halides is 2. The van der Waals surface area contributed by atoms with Crippen LogP contribution in [0.15, 0.2) is 24.5 Å². The van der Waals surface area contributed by atoms with Crippen molar-refractivity contribution in [1.82, 2.24) is 0 Å². The standard InChI is InChI=1S/C6H6F2O/c7-6(8)5-3-1-2-4-9-5/h1-6H. The minimum atomic E-state index is -2.42. The van der Waals surface area contributed by atoms with Gasteiger partial charge in [-0.25, -0.2) is 8.78 Å². The van der Waals surface area contributed by atoms with Crippen LogP contribution in [0.1, 0.15) is 0 Å². The highest BCUT2D eigenvalue weighted by atomic mass is 19.3. The van der Waals surface area contributed by atoms with Gasteiger partial charge in [-0.1, -0.05) is 6.08 Å². The predicted molar refractivity (Wildman–Crippen MR) is 29.2 cm³/mol. The molecule has 1 nitrogen and oxygen atoms in total. The summed E-state index contributed by atoms with van der Waals surface area (Å²) in [7, 11) is 0. The summed E-state index contributed by atoms with van der Waals surface area (Å²) in [5.41, 5.74) is 0. The number of hydrogen-bond donors (Lipinski definition) is 0. The van der Waals surface area contributed by atoms with E-state index in [2.05, 4.69) is 4.74 Å². The minimum Gasteiger partial charge on any atom is -0.488 e. The third kappa shape index (κ3) is 1.52. The number of ether oxygens (including phenoxy) is 1. The van der Waals surface area contributed by atoms with E-state index in [0.29, 0.717) is 0 Å². The van der Waals surface area contributed by atoms with E-state index in [-0.39, 0.29) is 0 Å². The third-order valence-electron chi connectivity index (χ3n) is 0.975. The van der Waals surface area contributed by atoms with Gasteiger partial charge in [-0.05, 0) is 12.2 Å². The van der Waals surface area contributed by atoms with Gasteiger partial charge >= 0.3 is 0 Å². The van der Waals surface area contributed by atoms with E-state index in [9.17, 15) is 8.78 Å². The summed E-state index contributed by atoms with van der Waals surface area (Å²) < 4.78 is 27.9. The zero-order chi connectivity index (χ0) is 6.69. The second kappa shape index (κ2) is 2.62. The predicted octanol–water partition coefficient (Wildman–Crippen LogP) is 1.72. The summed E-state index contributed by atoms with van der Waals surface area (Å²) in [4.78, 5) is 0. The lowest BCUT2D eigenvalue weighted by Gasteiger charge is -2.12. The Labute approximate surface area is 51.6 Å². The maximum Gasteiger partial charge on any atom is 0.278 e. The summed E-state index contributed by atoms with van der Waals surface area (Å²) >= 11 is 0. The van der Waals surface area contributed by atoms with E-state index in [1.807, 2.05) is 0 Å². The Morgan fingerprint density at radius 1 is 1.33 bits per heavy atom. The maximum atomic E-state index is 11.7. The van der Waals surface area contributed by atoms with Crippen molar-refractivity contribution in [2.45, 2.75) is 12.5 Å². The van der Waals surface area contributed by atoms with Gasteiger partial charge in [0, 0.05) is 0 Å². The summed E-state index contributed by atoms with van der Waals surface area (Å²) in [5.74, 6) is 0. The highest BCUT2D eigenvalue weighted by molar-refractivity contribution is 5.07. The molecular weight excluding hydrogens is 126 g/mol. The lowest BCUT2D eigenvalue weighted by atomic mass is 10.3. The van der Waals surface area contributed by atoms with E-state index < -0.39 is 12.5 Å². The number of allylic oxidation sites excluding steroid dienone is 2. The van der Waals surface area contributed by atoms with Gasteiger partial charge in [0.15, 0.2) is 6.10 Å². The van der Waals surface area contributed by atoms with Crippen LogP contribution in [0.3, 0.4) is 0 Å². The topological polar surface area (TPSA) is 9.23 Å². The molecule has 0 aromatic carbocycles. The summed E-state index contributed by atoms with van der Waals surface area (Å²) in [6.07, 6.45) is 2.22.